The summed E-state index contributed by atoms with van der Waals surface area (Å²) >= 11 is 16.2. The maximum absolute atomic E-state index is 14.3. The van der Waals surface area contributed by atoms with Gasteiger partial charge < -0.3 is 10.2 Å². The Morgan fingerprint density at radius 2 is 1.48 bits per heavy atom. The third-order valence-electron chi connectivity index (χ3n) is 6.57. The lowest BCUT2D eigenvalue weighted by molar-refractivity contribution is -0.139. The molecule has 4 aromatic rings. The van der Waals surface area contributed by atoms with Gasteiger partial charge in [0.15, 0.2) is 0 Å². The number of hydrogen-bond acceptors (Lipinski definition) is 4. The zero-order valence-corrected chi connectivity index (χ0v) is 26.5. The fourth-order valence-electron chi connectivity index (χ4n) is 4.47. The van der Waals surface area contributed by atoms with Gasteiger partial charge in [0.2, 0.25) is 11.8 Å². The number of nitrogens with zero attached hydrogens (tertiary/aromatic N) is 2. The van der Waals surface area contributed by atoms with E-state index >= 15 is 0 Å². The van der Waals surface area contributed by atoms with Crippen molar-refractivity contribution in [3.05, 3.63) is 129 Å². The zero-order valence-electron chi connectivity index (χ0n) is 22.6. The molecule has 4 aromatic carbocycles. The maximum atomic E-state index is 14.3. The van der Waals surface area contributed by atoms with Gasteiger partial charge in [-0.2, -0.15) is 0 Å². The van der Waals surface area contributed by atoms with Crippen LogP contribution < -0.4 is 9.62 Å². The summed E-state index contributed by atoms with van der Waals surface area (Å²) in [5, 5.41) is 2.78. The highest BCUT2D eigenvalue weighted by Gasteiger charge is 2.35. The van der Waals surface area contributed by atoms with Crippen molar-refractivity contribution in [1.82, 2.24) is 10.2 Å². The Morgan fingerprint density at radius 3 is 2.12 bits per heavy atom. The van der Waals surface area contributed by atoms with Crippen LogP contribution in [-0.2, 0) is 32.6 Å². The molecule has 1 N–H and O–H groups in total. The third-order valence-corrected chi connectivity index (χ3v) is 9.65. The van der Waals surface area contributed by atoms with Crippen molar-refractivity contribution in [2.75, 3.05) is 17.9 Å². The Balaban J connectivity index is 1.81. The Bertz CT molecular complexity index is 1660. The van der Waals surface area contributed by atoms with Gasteiger partial charge >= 0.3 is 0 Å². The SMILES string of the molecule is CNC(=O)C(Cc1ccccc1)N(Cc1cccc(Br)c1)C(=O)CN(c1cccc(Cl)c1Cl)S(=O)(=O)c1ccccc1. The second kappa shape index (κ2) is 14.2. The number of nitrogens with one attached hydrogen (secondary N) is 1. The minimum atomic E-state index is -4.28. The molecular weight excluding hydrogens is 661 g/mol. The van der Waals surface area contributed by atoms with Crippen LogP contribution in [0.1, 0.15) is 11.1 Å². The molecule has 0 radical (unpaired) electrons. The van der Waals surface area contributed by atoms with Crippen LogP contribution in [0.4, 0.5) is 5.69 Å². The maximum Gasteiger partial charge on any atom is 0.264 e. The van der Waals surface area contributed by atoms with Gasteiger partial charge in [0.05, 0.1) is 20.6 Å². The molecule has 0 bridgehead atoms. The highest BCUT2D eigenvalue weighted by molar-refractivity contribution is 9.10. The van der Waals surface area contributed by atoms with Crippen molar-refractivity contribution in [2.45, 2.75) is 23.9 Å². The van der Waals surface area contributed by atoms with Crippen molar-refractivity contribution < 1.29 is 18.0 Å². The fraction of sp³-hybridized carbons (Fsp3) is 0.161. The summed E-state index contributed by atoms with van der Waals surface area (Å²) in [6.45, 7) is -0.584. The van der Waals surface area contributed by atoms with Crippen LogP contribution in [0.3, 0.4) is 0 Å². The van der Waals surface area contributed by atoms with E-state index in [1.165, 1.54) is 36.2 Å². The molecule has 1 atom stereocenters. The van der Waals surface area contributed by atoms with Gasteiger partial charge in [-0.3, -0.25) is 13.9 Å². The Labute approximate surface area is 264 Å². The minimum absolute atomic E-state index is 0.0165. The first-order valence-electron chi connectivity index (χ1n) is 12.9. The molecule has 0 aliphatic heterocycles. The van der Waals surface area contributed by atoms with Gasteiger partial charge in [0.1, 0.15) is 12.6 Å². The van der Waals surface area contributed by atoms with E-state index in [-0.39, 0.29) is 39.5 Å². The highest BCUT2D eigenvalue weighted by atomic mass is 79.9. The van der Waals surface area contributed by atoms with Gasteiger partial charge in [-0.1, -0.05) is 106 Å². The summed E-state index contributed by atoms with van der Waals surface area (Å²) in [5.74, 6) is -0.990. The standard InChI is InChI=1S/C31H28BrCl2N3O4S/c1-35-31(39)28(19-22-10-4-2-5-11-22)36(20-23-12-8-13-24(32)18-23)29(38)21-37(27-17-9-16-26(33)30(27)34)42(40,41)25-14-6-3-7-15-25/h2-18,28H,19-21H2,1H3,(H,35,39). The number of anilines is 1. The zero-order chi connectivity index (χ0) is 30.3. The lowest BCUT2D eigenvalue weighted by atomic mass is 10.0. The van der Waals surface area contributed by atoms with Crippen LogP contribution in [0.5, 0.6) is 0 Å². The first-order chi connectivity index (χ1) is 20.1. The number of carbonyl (C=O) groups is 2. The van der Waals surface area contributed by atoms with E-state index < -0.39 is 28.5 Å². The molecule has 7 nitrogen and oxygen atoms in total. The van der Waals surface area contributed by atoms with E-state index in [0.717, 1.165) is 19.9 Å². The molecule has 42 heavy (non-hydrogen) atoms. The summed E-state index contributed by atoms with van der Waals surface area (Å²) in [6, 6.07) is 28.1. The first-order valence-corrected chi connectivity index (χ1v) is 15.9. The average molecular weight is 689 g/mol. The van der Waals surface area contributed by atoms with Crippen LogP contribution in [0.25, 0.3) is 0 Å². The molecule has 0 spiro atoms. The minimum Gasteiger partial charge on any atom is -0.357 e. The molecule has 0 saturated heterocycles. The predicted octanol–water partition coefficient (Wildman–Crippen LogP) is 6.34. The summed E-state index contributed by atoms with van der Waals surface area (Å²) < 4.78 is 29.7. The number of carbonyl (C=O) groups excluding carboxylic acids is 2. The van der Waals surface area contributed by atoms with Crippen LogP contribution >= 0.6 is 39.1 Å². The highest BCUT2D eigenvalue weighted by Crippen LogP contribution is 2.35. The van der Waals surface area contributed by atoms with Crippen molar-refractivity contribution in [3.8, 4) is 0 Å². The summed E-state index contributed by atoms with van der Waals surface area (Å²) in [4.78, 5) is 29.0. The molecule has 0 heterocycles. The monoisotopic (exact) mass is 687 g/mol. The lowest BCUT2D eigenvalue weighted by Gasteiger charge is -2.34. The summed E-state index contributed by atoms with van der Waals surface area (Å²) in [6.07, 6.45) is 0.212. The molecule has 0 saturated carbocycles. The molecule has 11 heteroatoms. The van der Waals surface area contributed by atoms with E-state index in [2.05, 4.69) is 21.2 Å². The molecule has 2 amide bonds. The van der Waals surface area contributed by atoms with Crippen molar-refractivity contribution in [1.29, 1.82) is 0 Å². The second-order valence-corrected chi connectivity index (χ2v) is 12.9. The Morgan fingerprint density at radius 1 is 0.857 bits per heavy atom. The van der Waals surface area contributed by atoms with Crippen molar-refractivity contribution in [2.24, 2.45) is 0 Å². The molecule has 0 aromatic heterocycles. The molecule has 1 unspecified atom stereocenters. The first kappa shape index (κ1) is 31.6. The number of amides is 2. The van der Waals surface area contributed by atoms with Gasteiger partial charge in [-0.15, -0.1) is 0 Å². The van der Waals surface area contributed by atoms with Crippen LogP contribution in [0, 0.1) is 0 Å². The molecule has 0 aliphatic carbocycles. The largest absolute Gasteiger partial charge is 0.357 e. The topological polar surface area (TPSA) is 86.8 Å². The molecule has 0 aliphatic rings. The lowest BCUT2D eigenvalue weighted by Crippen LogP contribution is -2.53. The molecule has 218 valence electrons. The van der Waals surface area contributed by atoms with Crippen LogP contribution in [0.2, 0.25) is 10.0 Å². The van der Waals surface area contributed by atoms with Crippen molar-refractivity contribution >= 4 is 66.7 Å². The van der Waals surface area contributed by atoms with Gasteiger partial charge in [-0.25, -0.2) is 8.42 Å². The quantitative estimate of drug-likeness (QED) is 0.199. The number of halogens is 3. The Kier molecular flexibility index (Phi) is 10.7. The van der Waals surface area contributed by atoms with Crippen molar-refractivity contribution in [3.63, 3.8) is 0 Å². The number of hydrogen-bond donors (Lipinski definition) is 1. The fourth-order valence-corrected chi connectivity index (χ4v) is 6.81. The number of rotatable bonds is 11. The van der Waals surface area contributed by atoms with E-state index in [9.17, 15) is 18.0 Å². The second-order valence-electron chi connectivity index (χ2n) is 9.37. The normalized spacial score (nSPS) is 11.9. The molecule has 0 fully saturated rings. The molecule has 4 rings (SSSR count). The van der Waals surface area contributed by atoms with E-state index in [0.29, 0.717) is 0 Å². The Hall–Kier alpha value is -3.37. The summed E-state index contributed by atoms with van der Waals surface area (Å²) in [5.41, 5.74) is 1.63. The predicted molar refractivity (Wildman–Crippen MR) is 170 cm³/mol. The average Bonchev–Trinajstić information content (AvgIpc) is 2.99. The smallest absolute Gasteiger partial charge is 0.264 e. The van der Waals surface area contributed by atoms with Crippen LogP contribution in [0.15, 0.2) is 112 Å². The number of likely N-dealkylation sites (N-methyl/N-ethyl adjacent to an activating group) is 1. The number of sulfonamides is 1. The van der Waals surface area contributed by atoms with Gasteiger partial charge in [0, 0.05) is 24.5 Å². The van der Waals surface area contributed by atoms with E-state index in [1.807, 2.05) is 54.6 Å². The van der Waals surface area contributed by atoms with E-state index in [4.69, 9.17) is 23.2 Å². The van der Waals surface area contributed by atoms with Crippen LogP contribution in [-0.4, -0.2) is 44.8 Å². The van der Waals surface area contributed by atoms with Gasteiger partial charge in [-0.05, 0) is 47.5 Å². The van der Waals surface area contributed by atoms with E-state index in [1.54, 1.807) is 24.3 Å². The third kappa shape index (κ3) is 7.52. The van der Waals surface area contributed by atoms with Gasteiger partial charge in [0.25, 0.3) is 10.0 Å². The summed E-state index contributed by atoms with van der Waals surface area (Å²) in [7, 11) is -2.78. The molecular formula is C31H28BrCl2N3O4S. The number of benzene rings is 4.